The molecule has 17 heteroatoms. The zero-order valence-corrected chi connectivity index (χ0v) is 36.9. The monoisotopic (exact) mass is 874 g/mol. The molecule has 5 aromatic rings. The van der Waals surface area contributed by atoms with Crippen molar-refractivity contribution in [2.24, 2.45) is 0 Å². The van der Waals surface area contributed by atoms with Crippen LogP contribution in [-0.2, 0) is 34.0 Å². The number of carbonyl (C=O) groups is 4. The molecule has 1 spiro atoms. The highest BCUT2D eigenvalue weighted by molar-refractivity contribution is 5.88. The van der Waals surface area contributed by atoms with E-state index in [0.717, 1.165) is 94.6 Å². The van der Waals surface area contributed by atoms with E-state index in [1.54, 1.807) is 23.6 Å². The van der Waals surface area contributed by atoms with Crippen molar-refractivity contribution in [2.75, 3.05) is 41.5 Å². The van der Waals surface area contributed by atoms with Crippen molar-refractivity contribution in [1.29, 1.82) is 0 Å². The fourth-order valence-electron chi connectivity index (χ4n) is 9.68. The molecule has 5 heterocycles. The van der Waals surface area contributed by atoms with E-state index in [1.807, 2.05) is 24.4 Å². The predicted molar refractivity (Wildman–Crippen MR) is 235 cm³/mol. The summed E-state index contributed by atoms with van der Waals surface area (Å²) in [5, 5.41) is 5.28. The highest BCUT2D eigenvalue weighted by atomic mass is 16.5. The van der Waals surface area contributed by atoms with E-state index in [2.05, 4.69) is 57.0 Å². The predicted octanol–water partition coefficient (Wildman–Crippen LogP) is 6.65. The molecule has 1 saturated carbocycles. The average molecular weight is 875 g/mol. The van der Waals surface area contributed by atoms with Gasteiger partial charge in [0, 0.05) is 49.4 Å². The summed E-state index contributed by atoms with van der Waals surface area (Å²) >= 11 is 0. The molecule has 0 radical (unpaired) electrons. The Labute approximate surface area is 370 Å². The summed E-state index contributed by atoms with van der Waals surface area (Å²) in [4.78, 5) is 72.0. The number of rotatable bonds is 12. The lowest BCUT2D eigenvalue weighted by atomic mass is 9.83. The van der Waals surface area contributed by atoms with E-state index in [1.165, 1.54) is 28.4 Å². The van der Waals surface area contributed by atoms with Crippen LogP contribution in [-0.4, -0.2) is 120 Å². The van der Waals surface area contributed by atoms with Gasteiger partial charge in [0.1, 0.15) is 35.2 Å². The van der Waals surface area contributed by atoms with Gasteiger partial charge in [-0.15, -0.1) is 0 Å². The van der Waals surface area contributed by atoms with Gasteiger partial charge in [0.05, 0.1) is 61.4 Å². The van der Waals surface area contributed by atoms with E-state index in [-0.39, 0.29) is 29.3 Å². The molecule has 9 rings (SSSR count). The minimum absolute atomic E-state index is 0.159. The Morgan fingerprint density at radius 3 is 1.92 bits per heavy atom. The van der Waals surface area contributed by atoms with E-state index in [9.17, 15) is 19.2 Å². The Kier molecular flexibility index (Phi) is 11.5. The molecule has 17 nitrogen and oxygen atoms in total. The van der Waals surface area contributed by atoms with Gasteiger partial charge in [0.25, 0.3) is 0 Å². The smallest absolute Gasteiger partial charge is 0.407 e. The maximum Gasteiger partial charge on any atom is 0.407 e. The van der Waals surface area contributed by atoms with Gasteiger partial charge in [0.15, 0.2) is 0 Å². The number of imidazole rings is 2. The van der Waals surface area contributed by atoms with Crippen molar-refractivity contribution < 1.29 is 42.9 Å². The number of carbonyl (C=O) groups excluding carboxylic acids is 4. The quantitative estimate of drug-likeness (QED) is 0.105. The first-order chi connectivity index (χ1) is 31.0. The molecule has 3 aliphatic heterocycles. The van der Waals surface area contributed by atoms with Gasteiger partial charge in [-0.25, -0.2) is 19.6 Å². The van der Waals surface area contributed by atoms with Gasteiger partial charge in [-0.05, 0) is 99.9 Å². The van der Waals surface area contributed by atoms with Crippen molar-refractivity contribution >= 4 is 35.0 Å². The highest BCUT2D eigenvalue weighted by Crippen LogP contribution is 2.62. The Balaban J connectivity index is 0.925. The first kappa shape index (κ1) is 42.8. The van der Waals surface area contributed by atoms with Gasteiger partial charge < -0.3 is 54.1 Å². The Bertz CT molecular complexity index is 2600. The van der Waals surface area contributed by atoms with Crippen LogP contribution in [0, 0.1) is 0 Å². The molecule has 0 bridgehead atoms. The molecule has 64 heavy (non-hydrogen) atoms. The van der Waals surface area contributed by atoms with Gasteiger partial charge in [0.2, 0.25) is 11.8 Å². The summed E-state index contributed by atoms with van der Waals surface area (Å²) in [7, 11) is 5.53. The standard InChI is InChI=1S/C47H54N8O9/c1-25(60-3)39(52-45(58)62-5)43(56)54-19-7-9-35(54)41-48-24-34(51-41)29-13-16-37-31(21-29)47(17-18-47)30-14-11-28(23-38(30)64-37)27-12-15-32-33(22-27)50-42(49-32)36-10-8-20-55(36)44(57)40(26(2)61-4)53-46(59)63-6/h11-16,21-26,35-36,39-40H,7-10,17-20H2,1-6H3,(H,48,51)(H,49,50)(H,52,58)(H,53,59)/t25-,26-,35+,36+,39+,40+/m1/s1. The molecule has 4 amide bonds. The molecule has 6 atom stereocenters. The van der Waals surface area contributed by atoms with E-state index in [4.69, 9.17) is 33.7 Å². The first-order valence-corrected chi connectivity index (χ1v) is 21.8. The Hall–Kier alpha value is -6.46. The summed E-state index contributed by atoms with van der Waals surface area (Å²) in [6.45, 7) is 4.55. The second-order valence-electron chi connectivity index (χ2n) is 17.1. The maximum absolute atomic E-state index is 13.8. The summed E-state index contributed by atoms with van der Waals surface area (Å²) in [5.74, 6) is 2.53. The normalized spacial score (nSPS) is 20.2. The summed E-state index contributed by atoms with van der Waals surface area (Å²) in [6.07, 6.45) is 4.36. The lowest BCUT2D eigenvalue weighted by Gasteiger charge is -2.30. The molecule has 4 N–H and O–H groups in total. The third kappa shape index (κ3) is 7.69. The first-order valence-electron chi connectivity index (χ1n) is 21.8. The number of nitrogens with zero attached hydrogens (tertiary/aromatic N) is 4. The van der Waals surface area contributed by atoms with Crippen LogP contribution in [0.5, 0.6) is 11.5 Å². The third-order valence-corrected chi connectivity index (χ3v) is 13.5. The summed E-state index contributed by atoms with van der Waals surface area (Å²) in [6, 6.07) is 16.4. The number of ether oxygens (including phenoxy) is 5. The average Bonchev–Trinajstić information content (AvgIpc) is 3.84. The molecule has 3 aromatic carbocycles. The van der Waals surface area contributed by atoms with Gasteiger partial charge >= 0.3 is 12.2 Å². The van der Waals surface area contributed by atoms with E-state index in [0.29, 0.717) is 24.7 Å². The second kappa shape index (κ2) is 17.3. The van der Waals surface area contributed by atoms with Gasteiger partial charge in [-0.1, -0.05) is 18.2 Å². The number of hydrogen-bond donors (Lipinski definition) is 4. The van der Waals surface area contributed by atoms with Gasteiger partial charge in [-0.3, -0.25) is 9.59 Å². The molecule has 1 aliphatic carbocycles. The lowest BCUT2D eigenvalue weighted by molar-refractivity contribution is -0.138. The number of aromatic amines is 2. The molecule has 336 valence electrons. The van der Waals surface area contributed by atoms with Crippen molar-refractivity contribution in [1.82, 2.24) is 40.4 Å². The molecule has 2 aromatic heterocycles. The number of hydrogen-bond acceptors (Lipinski definition) is 11. The second-order valence-corrected chi connectivity index (χ2v) is 17.1. The summed E-state index contributed by atoms with van der Waals surface area (Å²) in [5.41, 5.74) is 7.60. The van der Waals surface area contributed by atoms with Crippen LogP contribution in [0.4, 0.5) is 9.59 Å². The number of amides is 4. The lowest BCUT2D eigenvalue weighted by Crippen LogP contribution is -2.54. The Morgan fingerprint density at radius 1 is 0.719 bits per heavy atom. The van der Waals surface area contributed by atoms with Crippen LogP contribution < -0.4 is 15.4 Å². The largest absolute Gasteiger partial charge is 0.457 e. The van der Waals surface area contributed by atoms with Crippen LogP contribution in [0.3, 0.4) is 0 Å². The van der Waals surface area contributed by atoms with Gasteiger partial charge in [-0.2, -0.15) is 0 Å². The maximum atomic E-state index is 13.8. The van der Waals surface area contributed by atoms with Crippen LogP contribution in [0.1, 0.15) is 87.2 Å². The van der Waals surface area contributed by atoms with Crippen LogP contribution in [0.15, 0.2) is 60.8 Å². The van der Waals surface area contributed by atoms with Crippen molar-refractivity contribution in [3.63, 3.8) is 0 Å². The highest BCUT2D eigenvalue weighted by Gasteiger charge is 2.52. The number of benzene rings is 3. The number of methoxy groups -OCH3 is 4. The number of fused-ring (bicyclic) bond motifs is 5. The summed E-state index contributed by atoms with van der Waals surface area (Å²) < 4.78 is 27.1. The van der Waals surface area contributed by atoms with E-state index >= 15 is 0 Å². The minimum atomic E-state index is -0.910. The fraction of sp³-hybridized carbons (Fsp3) is 0.447. The number of aromatic nitrogens is 4. The topological polar surface area (TPSA) is 202 Å². The number of likely N-dealkylation sites (tertiary alicyclic amines) is 2. The van der Waals surface area contributed by atoms with Crippen molar-refractivity contribution in [2.45, 2.75) is 94.2 Å². The van der Waals surface area contributed by atoms with Crippen LogP contribution in [0.2, 0.25) is 0 Å². The fourth-order valence-corrected chi connectivity index (χ4v) is 9.68. The van der Waals surface area contributed by atoms with Crippen molar-refractivity contribution in [3.8, 4) is 33.9 Å². The number of H-pyrrole nitrogens is 2. The molecule has 3 fully saturated rings. The van der Waals surface area contributed by atoms with Crippen LogP contribution in [0.25, 0.3) is 33.4 Å². The third-order valence-electron chi connectivity index (χ3n) is 13.5. The zero-order valence-electron chi connectivity index (χ0n) is 36.9. The van der Waals surface area contributed by atoms with Crippen molar-refractivity contribution in [3.05, 3.63) is 83.6 Å². The Morgan fingerprint density at radius 2 is 1.31 bits per heavy atom. The molecule has 2 saturated heterocycles. The number of nitrogens with one attached hydrogen (secondary N) is 4. The molecular formula is C47H54N8O9. The molecular weight excluding hydrogens is 821 g/mol. The minimum Gasteiger partial charge on any atom is -0.457 e. The number of alkyl carbamates (subject to hydrolysis) is 2. The van der Waals surface area contributed by atoms with E-state index < -0.39 is 36.5 Å². The molecule has 0 unspecified atom stereocenters. The van der Waals surface area contributed by atoms with Crippen LogP contribution >= 0.6 is 0 Å². The SMILES string of the molecule is COC(=O)N[C@H](C(=O)N1CCC[C@H]1c1ncc(-c2ccc3c(c2)C2(CC2)c2ccc(-c4ccc5nc([C@@H]6CCCN6C(=O)[C@@H](NC(=O)OC)[C@@H](C)OC)[nH]c5c4)cc2O3)[nH]1)[C@@H](C)OC. The molecule has 4 aliphatic rings. The zero-order chi connectivity index (χ0) is 44.9.